The monoisotopic (exact) mass is 284 g/mol. The van der Waals surface area contributed by atoms with Gasteiger partial charge in [0.1, 0.15) is 5.70 Å². The molecule has 0 radical (unpaired) electrons. The maximum atomic E-state index is 12.7. The van der Waals surface area contributed by atoms with E-state index in [-0.39, 0.29) is 17.2 Å². The molecule has 5 nitrogen and oxygen atoms in total. The number of allylic oxidation sites excluding steroid dienone is 2. The molecule has 1 rings (SSSR count). The Labute approximate surface area is 106 Å². The van der Waals surface area contributed by atoms with Gasteiger partial charge in [0.2, 0.25) is 5.88 Å². The Morgan fingerprint density at radius 1 is 1.58 bits per heavy atom. The van der Waals surface area contributed by atoms with Crippen LogP contribution < -0.4 is 5.43 Å². The standard InChI is InChI=1S/C10H12F4N2O3/c1-5-3-6(8(17)18)15-16(2)7(5)19-4-10(13,14)9(11)12/h3,9,15H,4H2,1-2H3,(H,17,18). The fourth-order valence-electron chi connectivity index (χ4n) is 1.35. The fourth-order valence-corrected chi connectivity index (χ4v) is 1.35. The van der Waals surface area contributed by atoms with Crippen LogP contribution in [0.5, 0.6) is 0 Å². The zero-order valence-corrected chi connectivity index (χ0v) is 10.1. The molecule has 108 valence electrons. The predicted molar refractivity (Wildman–Crippen MR) is 56.2 cm³/mol. The van der Waals surface area contributed by atoms with Gasteiger partial charge in [-0.2, -0.15) is 8.78 Å². The molecule has 0 spiro atoms. The van der Waals surface area contributed by atoms with Crippen molar-refractivity contribution < 1.29 is 32.2 Å². The number of nitrogens with one attached hydrogen (secondary N) is 1. The van der Waals surface area contributed by atoms with Crippen LogP contribution in [0.3, 0.4) is 0 Å². The summed E-state index contributed by atoms with van der Waals surface area (Å²) in [7, 11) is 1.31. The highest BCUT2D eigenvalue weighted by Crippen LogP contribution is 2.26. The summed E-state index contributed by atoms with van der Waals surface area (Å²) in [6.45, 7) is -0.0876. The van der Waals surface area contributed by atoms with Gasteiger partial charge in [0.05, 0.1) is 0 Å². The first-order valence-electron chi connectivity index (χ1n) is 5.10. The van der Waals surface area contributed by atoms with E-state index in [0.717, 1.165) is 11.1 Å². The quantitative estimate of drug-likeness (QED) is 0.750. The number of hydrazine groups is 1. The lowest BCUT2D eigenvalue weighted by atomic mass is 10.2. The Morgan fingerprint density at radius 2 is 2.16 bits per heavy atom. The average molecular weight is 284 g/mol. The van der Waals surface area contributed by atoms with Crippen molar-refractivity contribution >= 4 is 5.97 Å². The number of carboxylic acids is 1. The van der Waals surface area contributed by atoms with E-state index in [9.17, 15) is 22.4 Å². The van der Waals surface area contributed by atoms with Gasteiger partial charge in [-0.25, -0.2) is 13.6 Å². The SMILES string of the molecule is CC1=C(OCC(F)(F)C(F)F)N(C)NC(C(=O)O)=C1. The van der Waals surface area contributed by atoms with Crippen LogP contribution in [0.15, 0.2) is 23.2 Å². The Hall–Kier alpha value is -1.93. The second-order valence-electron chi connectivity index (χ2n) is 3.87. The molecule has 0 atom stereocenters. The fraction of sp³-hybridized carbons (Fsp3) is 0.500. The number of nitrogens with zero attached hydrogens (tertiary/aromatic N) is 1. The highest BCUT2D eigenvalue weighted by Gasteiger charge is 2.42. The van der Waals surface area contributed by atoms with Crippen molar-refractivity contribution in [3.8, 4) is 0 Å². The number of carboxylic acid groups (broad SMARTS) is 1. The van der Waals surface area contributed by atoms with Crippen LogP contribution in [-0.4, -0.2) is 42.1 Å². The third-order valence-corrected chi connectivity index (χ3v) is 2.24. The van der Waals surface area contributed by atoms with Crippen molar-refractivity contribution in [1.82, 2.24) is 10.4 Å². The molecule has 0 fully saturated rings. The second-order valence-corrected chi connectivity index (χ2v) is 3.87. The number of carbonyl (C=O) groups is 1. The van der Waals surface area contributed by atoms with Crippen LogP contribution >= 0.6 is 0 Å². The zero-order chi connectivity index (χ0) is 14.8. The van der Waals surface area contributed by atoms with Crippen molar-refractivity contribution in [2.75, 3.05) is 13.7 Å². The molecule has 0 saturated heterocycles. The lowest BCUT2D eigenvalue weighted by molar-refractivity contribution is -0.163. The summed E-state index contributed by atoms with van der Waals surface area (Å²) < 4.78 is 54.0. The summed E-state index contributed by atoms with van der Waals surface area (Å²) in [6.07, 6.45) is -2.68. The van der Waals surface area contributed by atoms with Crippen LogP contribution in [0, 0.1) is 0 Å². The van der Waals surface area contributed by atoms with Gasteiger partial charge >= 0.3 is 18.3 Å². The zero-order valence-electron chi connectivity index (χ0n) is 10.1. The number of hydrogen-bond acceptors (Lipinski definition) is 4. The van der Waals surface area contributed by atoms with Gasteiger partial charge < -0.3 is 9.84 Å². The molecule has 1 aliphatic rings. The molecule has 19 heavy (non-hydrogen) atoms. The van der Waals surface area contributed by atoms with Gasteiger partial charge in [0.25, 0.3) is 0 Å². The third kappa shape index (κ3) is 3.52. The second kappa shape index (κ2) is 5.37. The average Bonchev–Trinajstić information content (AvgIpc) is 2.27. The van der Waals surface area contributed by atoms with Gasteiger partial charge in [0, 0.05) is 12.6 Å². The highest BCUT2D eigenvalue weighted by molar-refractivity contribution is 5.86. The van der Waals surface area contributed by atoms with E-state index >= 15 is 0 Å². The smallest absolute Gasteiger partial charge is 0.353 e. The predicted octanol–water partition coefficient (Wildman–Crippen LogP) is 1.55. The summed E-state index contributed by atoms with van der Waals surface area (Å²) in [4.78, 5) is 10.7. The van der Waals surface area contributed by atoms with Crippen LogP contribution in [0.4, 0.5) is 17.6 Å². The number of ether oxygens (including phenoxy) is 1. The molecule has 0 unspecified atom stereocenters. The van der Waals surface area contributed by atoms with E-state index in [1.165, 1.54) is 14.0 Å². The Balaban J connectivity index is 2.83. The number of rotatable bonds is 5. The first-order chi connectivity index (χ1) is 8.65. The summed E-state index contributed by atoms with van der Waals surface area (Å²) >= 11 is 0. The number of aliphatic carboxylic acids is 1. The first-order valence-corrected chi connectivity index (χ1v) is 5.10. The molecule has 9 heteroatoms. The molecule has 1 aliphatic heterocycles. The van der Waals surface area contributed by atoms with Gasteiger partial charge in [-0.05, 0) is 13.0 Å². The van der Waals surface area contributed by atoms with Crippen molar-refractivity contribution in [2.24, 2.45) is 0 Å². The van der Waals surface area contributed by atoms with E-state index < -0.39 is 24.9 Å². The van der Waals surface area contributed by atoms with E-state index in [4.69, 9.17) is 5.11 Å². The maximum absolute atomic E-state index is 12.7. The minimum absolute atomic E-state index is 0.148. The molecule has 0 aromatic heterocycles. The largest absolute Gasteiger partial charge is 0.477 e. The summed E-state index contributed by atoms with van der Waals surface area (Å²) in [5.74, 6) is -5.67. The van der Waals surface area contributed by atoms with Crippen molar-refractivity contribution in [3.05, 3.63) is 23.2 Å². The van der Waals surface area contributed by atoms with Crippen molar-refractivity contribution in [3.63, 3.8) is 0 Å². The molecule has 0 saturated carbocycles. The van der Waals surface area contributed by atoms with Gasteiger partial charge in [0.15, 0.2) is 6.61 Å². The molecule has 0 amide bonds. The minimum Gasteiger partial charge on any atom is -0.477 e. The van der Waals surface area contributed by atoms with Crippen LogP contribution in [0.1, 0.15) is 6.92 Å². The molecule has 0 aromatic carbocycles. The summed E-state index contributed by atoms with van der Waals surface area (Å²) in [5.41, 5.74) is 2.38. The lowest BCUT2D eigenvalue weighted by Gasteiger charge is -2.30. The van der Waals surface area contributed by atoms with Gasteiger partial charge in [-0.1, -0.05) is 0 Å². The Morgan fingerprint density at radius 3 is 2.58 bits per heavy atom. The van der Waals surface area contributed by atoms with Crippen molar-refractivity contribution in [1.29, 1.82) is 0 Å². The van der Waals surface area contributed by atoms with Crippen LogP contribution in [0.25, 0.3) is 0 Å². The third-order valence-electron chi connectivity index (χ3n) is 2.24. The molecule has 1 heterocycles. The van der Waals surface area contributed by atoms with Crippen LogP contribution in [-0.2, 0) is 9.53 Å². The molecule has 2 N–H and O–H groups in total. The normalized spacial score (nSPS) is 16.4. The van der Waals surface area contributed by atoms with Gasteiger partial charge in [-0.3, -0.25) is 10.4 Å². The number of alkyl halides is 4. The number of hydrogen-bond donors (Lipinski definition) is 2. The topological polar surface area (TPSA) is 61.8 Å². The Bertz CT molecular complexity index is 434. The number of halogens is 4. The molecule has 0 aliphatic carbocycles. The van der Waals surface area contributed by atoms with E-state index in [1.807, 2.05) is 0 Å². The van der Waals surface area contributed by atoms with Crippen molar-refractivity contribution in [2.45, 2.75) is 19.3 Å². The minimum atomic E-state index is -4.27. The molecule has 0 aromatic rings. The summed E-state index contributed by atoms with van der Waals surface area (Å²) in [5, 5.41) is 9.78. The lowest BCUT2D eigenvalue weighted by Crippen LogP contribution is -2.41. The van der Waals surface area contributed by atoms with E-state index in [2.05, 4.69) is 10.2 Å². The molecular formula is C10H12F4N2O3. The highest BCUT2D eigenvalue weighted by atomic mass is 19.3. The maximum Gasteiger partial charge on any atom is 0.353 e. The summed E-state index contributed by atoms with van der Waals surface area (Å²) in [6, 6.07) is 0. The first kappa shape index (κ1) is 15.1. The van der Waals surface area contributed by atoms with E-state index in [1.54, 1.807) is 0 Å². The molecular weight excluding hydrogens is 272 g/mol. The van der Waals surface area contributed by atoms with Gasteiger partial charge in [-0.15, -0.1) is 0 Å². The van der Waals surface area contributed by atoms with E-state index in [0.29, 0.717) is 0 Å². The Kier molecular flexibility index (Phi) is 4.28. The molecule has 0 bridgehead atoms. The van der Waals surface area contributed by atoms with Crippen LogP contribution in [0.2, 0.25) is 0 Å².